The van der Waals surface area contributed by atoms with Crippen LogP contribution in [-0.2, 0) is 10.0 Å². The average Bonchev–Trinajstić information content (AvgIpc) is 2.78. The first-order chi connectivity index (χ1) is 7.98. The molecule has 1 aliphatic heterocycles. The number of thioether (sulfide) groups is 1. The molecule has 94 valence electrons. The molecule has 0 atom stereocenters. The minimum Gasteiger partial charge on any atom is -0.438 e. The van der Waals surface area contributed by atoms with Crippen LogP contribution in [0.2, 0.25) is 0 Å². The molecule has 1 saturated heterocycles. The number of rotatable bonds is 2. The summed E-state index contributed by atoms with van der Waals surface area (Å²) in [5.41, 5.74) is 0. The Morgan fingerprint density at radius 1 is 1.35 bits per heavy atom. The fraction of sp³-hybridized carbons (Fsp3) is 0.444. The smallest absolute Gasteiger partial charge is 0.289 e. The van der Waals surface area contributed by atoms with Crippen LogP contribution in [0.1, 0.15) is 10.6 Å². The van der Waals surface area contributed by atoms with Crippen molar-refractivity contribution in [2.24, 2.45) is 5.14 Å². The van der Waals surface area contributed by atoms with Gasteiger partial charge in [0.25, 0.3) is 15.9 Å². The number of sulfonamides is 1. The fourth-order valence-electron chi connectivity index (χ4n) is 1.51. The molecule has 2 rings (SSSR count). The molecule has 0 aliphatic carbocycles. The quantitative estimate of drug-likeness (QED) is 0.827. The molecule has 6 nitrogen and oxygen atoms in total. The fourth-order valence-corrected chi connectivity index (χ4v) is 2.88. The van der Waals surface area contributed by atoms with Crippen LogP contribution in [0.4, 0.5) is 0 Å². The third-order valence-electron chi connectivity index (χ3n) is 2.37. The molecule has 0 unspecified atom stereocenters. The van der Waals surface area contributed by atoms with Gasteiger partial charge in [0.15, 0.2) is 5.76 Å². The highest BCUT2D eigenvalue weighted by Crippen LogP contribution is 2.17. The Kier molecular flexibility index (Phi) is 3.45. The van der Waals surface area contributed by atoms with Crippen LogP contribution in [0.3, 0.4) is 0 Å². The maximum absolute atomic E-state index is 11.9. The summed E-state index contributed by atoms with van der Waals surface area (Å²) in [5.74, 6) is 1.49. The summed E-state index contributed by atoms with van der Waals surface area (Å²) in [6.07, 6.45) is 0. The van der Waals surface area contributed by atoms with Crippen molar-refractivity contribution in [1.82, 2.24) is 4.90 Å². The van der Waals surface area contributed by atoms with Crippen LogP contribution in [0, 0.1) is 0 Å². The van der Waals surface area contributed by atoms with Crippen LogP contribution in [0.25, 0.3) is 0 Å². The predicted molar refractivity (Wildman–Crippen MR) is 63.3 cm³/mol. The van der Waals surface area contributed by atoms with Crippen molar-refractivity contribution in [3.05, 3.63) is 17.9 Å². The number of amides is 1. The number of hydrogen-bond donors (Lipinski definition) is 1. The van der Waals surface area contributed by atoms with E-state index in [1.807, 2.05) is 0 Å². The van der Waals surface area contributed by atoms with E-state index in [0.29, 0.717) is 13.1 Å². The molecule has 2 heterocycles. The highest BCUT2D eigenvalue weighted by atomic mass is 32.2. The molecule has 17 heavy (non-hydrogen) atoms. The van der Waals surface area contributed by atoms with Crippen LogP contribution < -0.4 is 5.14 Å². The molecule has 1 aromatic heterocycles. The van der Waals surface area contributed by atoms with Gasteiger partial charge in [-0.15, -0.1) is 0 Å². The lowest BCUT2D eigenvalue weighted by atomic mass is 10.3. The minimum absolute atomic E-state index is 0.0147. The molecule has 2 N–H and O–H groups in total. The minimum atomic E-state index is -3.89. The lowest BCUT2D eigenvalue weighted by Crippen LogP contribution is -2.37. The molecule has 0 saturated carbocycles. The molecule has 0 bridgehead atoms. The first kappa shape index (κ1) is 12.5. The second-order valence-corrected chi connectivity index (χ2v) is 6.29. The van der Waals surface area contributed by atoms with Crippen molar-refractivity contribution in [2.75, 3.05) is 24.6 Å². The van der Waals surface area contributed by atoms with Gasteiger partial charge in [-0.25, -0.2) is 13.6 Å². The van der Waals surface area contributed by atoms with Gasteiger partial charge in [-0.05, 0) is 12.1 Å². The summed E-state index contributed by atoms with van der Waals surface area (Å²) in [6, 6.07) is 2.53. The van der Waals surface area contributed by atoms with E-state index in [1.165, 1.54) is 12.1 Å². The van der Waals surface area contributed by atoms with E-state index in [9.17, 15) is 13.2 Å². The highest BCUT2D eigenvalue weighted by molar-refractivity contribution is 7.99. The molecule has 0 spiro atoms. The molecule has 0 radical (unpaired) electrons. The zero-order valence-electron chi connectivity index (χ0n) is 8.96. The van der Waals surface area contributed by atoms with Gasteiger partial charge in [-0.3, -0.25) is 4.79 Å². The highest BCUT2D eigenvalue weighted by Gasteiger charge is 2.23. The van der Waals surface area contributed by atoms with E-state index in [2.05, 4.69) is 0 Å². The Labute approximate surface area is 103 Å². The van der Waals surface area contributed by atoms with Gasteiger partial charge in [0.2, 0.25) is 5.09 Å². The largest absolute Gasteiger partial charge is 0.438 e. The van der Waals surface area contributed by atoms with Crippen molar-refractivity contribution in [3.8, 4) is 0 Å². The Balaban J connectivity index is 2.17. The Bertz CT molecular complexity index is 517. The summed E-state index contributed by atoms with van der Waals surface area (Å²) >= 11 is 1.78. The molecule has 1 fully saturated rings. The monoisotopic (exact) mass is 276 g/mol. The van der Waals surface area contributed by atoms with Crippen molar-refractivity contribution in [3.63, 3.8) is 0 Å². The first-order valence-electron chi connectivity index (χ1n) is 4.98. The van der Waals surface area contributed by atoms with E-state index in [4.69, 9.17) is 9.56 Å². The van der Waals surface area contributed by atoms with Gasteiger partial charge >= 0.3 is 0 Å². The number of primary sulfonamides is 1. The maximum atomic E-state index is 11.9. The summed E-state index contributed by atoms with van der Waals surface area (Å²) in [7, 11) is -3.89. The number of carbonyl (C=O) groups is 1. The predicted octanol–water partition coefficient (Wildman–Crippen LogP) is 0.116. The van der Waals surface area contributed by atoms with E-state index < -0.39 is 10.0 Å². The molecule has 1 aliphatic rings. The first-order valence-corrected chi connectivity index (χ1v) is 7.68. The normalized spacial score (nSPS) is 17.1. The van der Waals surface area contributed by atoms with Crippen molar-refractivity contribution < 1.29 is 17.6 Å². The topological polar surface area (TPSA) is 93.6 Å². The zero-order chi connectivity index (χ0) is 12.5. The third kappa shape index (κ3) is 2.82. The van der Waals surface area contributed by atoms with Crippen LogP contribution in [-0.4, -0.2) is 43.8 Å². The molecule has 8 heteroatoms. The molecule has 1 aromatic rings. The lowest BCUT2D eigenvalue weighted by molar-refractivity contribution is 0.0734. The summed E-state index contributed by atoms with van der Waals surface area (Å²) in [5, 5.41) is 4.52. The van der Waals surface area contributed by atoms with Gasteiger partial charge in [-0.2, -0.15) is 11.8 Å². The average molecular weight is 276 g/mol. The number of hydrogen-bond acceptors (Lipinski definition) is 5. The molecule has 0 aromatic carbocycles. The number of carbonyl (C=O) groups excluding carboxylic acids is 1. The van der Waals surface area contributed by atoms with E-state index in [-0.39, 0.29) is 16.8 Å². The maximum Gasteiger partial charge on any atom is 0.289 e. The third-order valence-corrected chi connectivity index (χ3v) is 4.09. The Morgan fingerprint density at radius 2 is 2.00 bits per heavy atom. The van der Waals surface area contributed by atoms with Crippen LogP contribution >= 0.6 is 11.8 Å². The van der Waals surface area contributed by atoms with E-state index >= 15 is 0 Å². The summed E-state index contributed by atoms with van der Waals surface area (Å²) < 4.78 is 27.0. The van der Waals surface area contributed by atoms with E-state index in [1.54, 1.807) is 16.7 Å². The van der Waals surface area contributed by atoms with Gasteiger partial charge in [0, 0.05) is 24.6 Å². The Hall–Kier alpha value is -0.990. The van der Waals surface area contributed by atoms with Crippen LogP contribution in [0.5, 0.6) is 0 Å². The lowest BCUT2D eigenvalue weighted by Gasteiger charge is -2.25. The second kappa shape index (κ2) is 4.71. The second-order valence-electron chi connectivity index (χ2n) is 3.57. The number of nitrogens with zero attached hydrogens (tertiary/aromatic N) is 1. The standard InChI is InChI=1S/C9H12N2O4S2/c10-17(13,14)8-2-1-7(15-8)9(12)11-3-5-16-6-4-11/h1-2H,3-6H2,(H2,10,13,14). The zero-order valence-corrected chi connectivity index (χ0v) is 10.6. The van der Waals surface area contributed by atoms with Gasteiger partial charge in [0.1, 0.15) is 0 Å². The number of nitrogens with two attached hydrogens (primary N) is 1. The SMILES string of the molecule is NS(=O)(=O)c1ccc(C(=O)N2CCSCC2)o1. The van der Waals surface area contributed by atoms with Gasteiger partial charge in [-0.1, -0.05) is 0 Å². The summed E-state index contributed by atoms with van der Waals surface area (Å²) in [4.78, 5) is 13.6. The van der Waals surface area contributed by atoms with Crippen molar-refractivity contribution in [2.45, 2.75) is 5.09 Å². The molecule has 1 amide bonds. The Morgan fingerprint density at radius 3 is 2.53 bits per heavy atom. The van der Waals surface area contributed by atoms with Gasteiger partial charge in [0.05, 0.1) is 0 Å². The van der Waals surface area contributed by atoms with Crippen molar-refractivity contribution in [1.29, 1.82) is 0 Å². The van der Waals surface area contributed by atoms with Crippen LogP contribution in [0.15, 0.2) is 21.6 Å². The number of furan rings is 1. The molecular formula is C9H12N2O4S2. The summed E-state index contributed by atoms with van der Waals surface area (Å²) in [6.45, 7) is 1.30. The van der Waals surface area contributed by atoms with Crippen molar-refractivity contribution >= 4 is 27.7 Å². The van der Waals surface area contributed by atoms with Gasteiger partial charge < -0.3 is 9.32 Å². The molecular weight excluding hydrogens is 264 g/mol. The van der Waals surface area contributed by atoms with E-state index in [0.717, 1.165) is 11.5 Å².